The molecule has 1 heterocycles. The van der Waals surface area contributed by atoms with Crippen LogP contribution in [0.2, 0.25) is 5.02 Å². The number of nitrogens with zero attached hydrogens (tertiary/aromatic N) is 2. The lowest BCUT2D eigenvalue weighted by atomic mass is 10.1. The Morgan fingerprint density at radius 3 is 2.68 bits per heavy atom. The third-order valence-corrected chi connectivity index (χ3v) is 3.82. The Morgan fingerprint density at radius 2 is 2.11 bits per heavy atom. The number of hydrogen-bond acceptors (Lipinski definition) is 3. The van der Waals surface area contributed by atoms with Gasteiger partial charge >= 0.3 is 0 Å². The van der Waals surface area contributed by atoms with Gasteiger partial charge in [0.25, 0.3) is 0 Å². The third-order valence-electron chi connectivity index (χ3n) is 3.58. The van der Waals surface area contributed by atoms with E-state index >= 15 is 0 Å². The smallest absolute Gasteiger partial charge is 0.138 e. The van der Waals surface area contributed by atoms with E-state index < -0.39 is 0 Å². The number of aryl methyl sites for hydroxylation is 2. The molecule has 2 rings (SSSR count). The van der Waals surface area contributed by atoms with E-state index in [1.54, 1.807) is 0 Å². The molecule has 2 aromatic rings. The predicted octanol–water partition coefficient (Wildman–Crippen LogP) is 4.14. The topological polar surface area (TPSA) is 29.3 Å². The molecule has 3 nitrogen and oxygen atoms in total. The summed E-state index contributed by atoms with van der Waals surface area (Å²) in [6.45, 7) is 6.91. The van der Waals surface area contributed by atoms with Crippen molar-refractivity contribution >= 4 is 11.6 Å². The number of halogens is 1. The van der Waals surface area contributed by atoms with E-state index in [1.807, 2.05) is 32.0 Å². The van der Waals surface area contributed by atoms with Gasteiger partial charge in [-0.1, -0.05) is 28.9 Å². The highest BCUT2D eigenvalue weighted by molar-refractivity contribution is 6.30. The molecule has 0 fully saturated rings. The summed E-state index contributed by atoms with van der Waals surface area (Å²) in [6, 6.07) is 8.27. The summed E-state index contributed by atoms with van der Waals surface area (Å²) in [5, 5.41) is 4.77. The lowest BCUT2D eigenvalue weighted by molar-refractivity contribution is 0.251. The Kier molecular flexibility index (Phi) is 4.27. The Bertz CT molecular complexity index is 546. The zero-order valence-electron chi connectivity index (χ0n) is 11.8. The van der Waals surface area contributed by atoms with Crippen molar-refractivity contribution in [3.8, 4) is 0 Å². The molecule has 0 amide bonds. The zero-order chi connectivity index (χ0) is 14.0. The fourth-order valence-electron chi connectivity index (χ4n) is 2.13. The third kappa shape index (κ3) is 3.17. The molecule has 0 saturated carbocycles. The van der Waals surface area contributed by atoms with Gasteiger partial charge in [0, 0.05) is 23.2 Å². The van der Waals surface area contributed by atoms with Crippen LogP contribution in [0.1, 0.15) is 35.5 Å². The number of aromatic nitrogens is 1. The van der Waals surface area contributed by atoms with Crippen molar-refractivity contribution < 1.29 is 4.52 Å². The van der Waals surface area contributed by atoms with Gasteiger partial charge in [-0.05, 0) is 45.5 Å². The maximum Gasteiger partial charge on any atom is 0.138 e. The van der Waals surface area contributed by atoms with Crippen LogP contribution in [-0.2, 0) is 6.54 Å². The molecule has 102 valence electrons. The SMILES string of the molecule is Cc1noc(C)c1CN(C)[C@@H](C)c1cccc(Cl)c1. The molecule has 0 unspecified atom stereocenters. The van der Waals surface area contributed by atoms with Crippen molar-refractivity contribution in [2.75, 3.05) is 7.05 Å². The standard InChI is InChI=1S/C15H19ClN2O/c1-10-15(12(3)19-17-10)9-18(4)11(2)13-6-5-7-14(16)8-13/h5-8,11H,9H2,1-4H3/t11-/m0/s1. The van der Waals surface area contributed by atoms with Crippen LogP contribution in [0.3, 0.4) is 0 Å². The highest BCUT2D eigenvalue weighted by atomic mass is 35.5. The molecule has 0 aliphatic heterocycles. The van der Waals surface area contributed by atoms with E-state index in [1.165, 1.54) is 5.56 Å². The molecule has 1 aromatic heterocycles. The van der Waals surface area contributed by atoms with Gasteiger partial charge in [0.2, 0.25) is 0 Å². The molecular weight excluding hydrogens is 260 g/mol. The van der Waals surface area contributed by atoms with E-state index in [4.69, 9.17) is 16.1 Å². The molecule has 0 aliphatic rings. The predicted molar refractivity (Wildman–Crippen MR) is 77.3 cm³/mol. The van der Waals surface area contributed by atoms with E-state index in [2.05, 4.69) is 30.1 Å². The van der Waals surface area contributed by atoms with Gasteiger partial charge in [-0.2, -0.15) is 0 Å². The van der Waals surface area contributed by atoms with Gasteiger partial charge in [0.05, 0.1) is 5.69 Å². The Hall–Kier alpha value is -1.32. The number of benzene rings is 1. The summed E-state index contributed by atoms with van der Waals surface area (Å²) in [5.74, 6) is 0.891. The second-order valence-electron chi connectivity index (χ2n) is 4.95. The summed E-state index contributed by atoms with van der Waals surface area (Å²) < 4.78 is 5.20. The summed E-state index contributed by atoms with van der Waals surface area (Å²) in [4.78, 5) is 2.26. The first-order valence-electron chi connectivity index (χ1n) is 6.36. The van der Waals surface area contributed by atoms with E-state index in [9.17, 15) is 0 Å². The molecule has 0 bridgehead atoms. The minimum atomic E-state index is 0.285. The number of rotatable bonds is 4. The van der Waals surface area contributed by atoms with Crippen molar-refractivity contribution in [2.24, 2.45) is 0 Å². The average Bonchev–Trinajstić information content (AvgIpc) is 2.69. The zero-order valence-corrected chi connectivity index (χ0v) is 12.5. The second-order valence-corrected chi connectivity index (χ2v) is 5.39. The van der Waals surface area contributed by atoms with Gasteiger partial charge in [-0.3, -0.25) is 4.90 Å². The minimum absolute atomic E-state index is 0.285. The Morgan fingerprint density at radius 1 is 1.37 bits per heavy atom. The lowest BCUT2D eigenvalue weighted by Gasteiger charge is -2.25. The monoisotopic (exact) mass is 278 g/mol. The van der Waals surface area contributed by atoms with Crippen LogP contribution < -0.4 is 0 Å². The second kappa shape index (κ2) is 5.76. The summed E-state index contributed by atoms with van der Waals surface area (Å²) >= 11 is 6.04. The molecule has 19 heavy (non-hydrogen) atoms. The van der Waals surface area contributed by atoms with Gasteiger partial charge in [-0.25, -0.2) is 0 Å². The maximum atomic E-state index is 6.04. The summed E-state index contributed by atoms with van der Waals surface area (Å²) in [6.07, 6.45) is 0. The molecule has 1 aromatic carbocycles. The van der Waals surface area contributed by atoms with Crippen LogP contribution in [0, 0.1) is 13.8 Å². The quantitative estimate of drug-likeness (QED) is 0.842. The molecular formula is C15H19ClN2O. The first-order chi connectivity index (χ1) is 8.99. The number of hydrogen-bond donors (Lipinski definition) is 0. The van der Waals surface area contributed by atoms with Crippen LogP contribution >= 0.6 is 11.6 Å². The van der Waals surface area contributed by atoms with E-state index in [-0.39, 0.29) is 6.04 Å². The summed E-state index contributed by atoms with van der Waals surface area (Å²) in [7, 11) is 2.09. The summed E-state index contributed by atoms with van der Waals surface area (Å²) in [5.41, 5.74) is 3.33. The molecule has 4 heteroatoms. The Labute approximate surface area is 119 Å². The van der Waals surface area contributed by atoms with Crippen LogP contribution in [0.15, 0.2) is 28.8 Å². The highest BCUT2D eigenvalue weighted by Gasteiger charge is 2.16. The van der Waals surface area contributed by atoms with Crippen LogP contribution in [-0.4, -0.2) is 17.1 Å². The van der Waals surface area contributed by atoms with Crippen molar-refractivity contribution in [2.45, 2.75) is 33.4 Å². The van der Waals surface area contributed by atoms with Crippen LogP contribution in [0.5, 0.6) is 0 Å². The maximum absolute atomic E-state index is 6.04. The Balaban J connectivity index is 2.14. The molecule has 0 saturated heterocycles. The van der Waals surface area contributed by atoms with Crippen molar-refractivity contribution in [1.29, 1.82) is 0 Å². The van der Waals surface area contributed by atoms with Gasteiger partial charge in [0.1, 0.15) is 5.76 Å². The van der Waals surface area contributed by atoms with E-state index in [0.29, 0.717) is 0 Å². The molecule has 0 aliphatic carbocycles. The van der Waals surface area contributed by atoms with Crippen molar-refractivity contribution in [1.82, 2.24) is 10.1 Å². The normalized spacial score (nSPS) is 12.9. The van der Waals surface area contributed by atoms with Crippen molar-refractivity contribution in [3.63, 3.8) is 0 Å². The molecule has 0 spiro atoms. The van der Waals surface area contributed by atoms with Gasteiger partial charge < -0.3 is 4.52 Å². The molecule has 1 atom stereocenters. The fraction of sp³-hybridized carbons (Fsp3) is 0.400. The first-order valence-corrected chi connectivity index (χ1v) is 6.74. The van der Waals surface area contributed by atoms with Crippen molar-refractivity contribution in [3.05, 3.63) is 51.9 Å². The average molecular weight is 279 g/mol. The van der Waals surface area contributed by atoms with Gasteiger partial charge in [-0.15, -0.1) is 0 Å². The first kappa shape index (κ1) is 14.1. The van der Waals surface area contributed by atoms with E-state index in [0.717, 1.165) is 28.6 Å². The van der Waals surface area contributed by atoms with Gasteiger partial charge in [0.15, 0.2) is 0 Å². The van der Waals surface area contributed by atoms with Crippen LogP contribution in [0.4, 0.5) is 0 Å². The molecule has 0 radical (unpaired) electrons. The van der Waals surface area contributed by atoms with Crippen LogP contribution in [0.25, 0.3) is 0 Å². The highest BCUT2D eigenvalue weighted by Crippen LogP contribution is 2.24. The minimum Gasteiger partial charge on any atom is -0.361 e. The largest absolute Gasteiger partial charge is 0.361 e. The molecule has 0 N–H and O–H groups in total. The fourth-order valence-corrected chi connectivity index (χ4v) is 2.33. The lowest BCUT2D eigenvalue weighted by Crippen LogP contribution is -2.22.